The zero-order valence-corrected chi connectivity index (χ0v) is 15.2. The van der Waals surface area contributed by atoms with Crippen molar-refractivity contribution < 1.29 is 9.47 Å². The molecule has 1 aliphatic heterocycles. The SMILES string of the molecule is C=C1C[C@@]2(CC)[C@@H](CCC23OCCO3)[C@@H]2CCC3=CCCC[C@@H]3[C@@H]12. The summed E-state index contributed by atoms with van der Waals surface area (Å²) in [6.07, 6.45) is 14.1. The van der Waals surface area contributed by atoms with Gasteiger partial charge >= 0.3 is 0 Å². The first kappa shape index (κ1) is 15.6. The molecule has 0 N–H and O–H groups in total. The Morgan fingerprint density at radius 1 is 1.21 bits per heavy atom. The Hall–Kier alpha value is -0.600. The van der Waals surface area contributed by atoms with Crippen molar-refractivity contribution in [2.75, 3.05) is 13.2 Å². The molecular weight excluding hydrogens is 296 g/mol. The summed E-state index contributed by atoms with van der Waals surface area (Å²) in [7, 11) is 0. The molecule has 1 heterocycles. The van der Waals surface area contributed by atoms with E-state index in [0.29, 0.717) is 0 Å². The van der Waals surface area contributed by atoms with Crippen LogP contribution in [0.1, 0.15) is 64.7 Å². The van der Waals surface area contributed by atoms with Crippen molar-refractivity contribution in [2.24, 2.45) is 29.1 Å². The molecule has 0 unspecified atom stereocenters. The summed E-state index contributed by atoms with van der Waals surface area (Å²) >= 11 is 0. The van der Waals surface area contributed by atoms with Crippen LogP contribution in [-0.4, -0.2) is 19.0 Å². The van der Waals surface area contributed by atoms with Crippen molar-refractivity contribution in [3.05, 3.63) is 23.8 Å². The van der Waals surface area contributed by atoms with Crippen LogP contribution in [0.3, 0.4) is 0 Å². The van der Waals surface area contributed by atoms with E-state index in [0.717, 1.165) is 49.7 Å². The van der Waals surface area contributed by atoms with Crippen molar-refractivity contribution in [3.8, 4) is 0 Å². The summed E-state index contributed by atoms with van der Waals surface area (Å²) < 4.78 is 12.7. The van der Waals surface area contributed by atoms with Gasteiger partial charge in [-0.1, -0.05) is 30.7 Å². The molecule has 2 nitrogen and oxygen atoms in total. The lowest BCUT2D eigenvalue weighted by atomic mass is 9.49. The highest BCUT2D eigenvalue weighted by Gasteiger charge is 2.67. The summed E-state index contributed by atoms with van der Waals surface area (Å²) in [6.45, 7) is 8.59. The van der Waals surface area contributed by atoms with Gasteiger partial charge in [0, 0.05) is 11.8 Å². The van der Waals surface area contributed by atoms with Gasteiger partial charge in [0.1, 0.15) is 0 Å². The van der Waals surface area contributed by atoms with E-state index < -0.39 is 0 Å². The van der Waals surface area contributed by atoms with Gasteiger partial charge in [0.05, 0.1) is 13.2 Å². The average molecular weight is 328 g/mol. The topological polar surface area (TPSA) is 18.5 Å². The minimum Gasteiger partial charge on any atom is -0.347 e. The molecule has 132 valence electrons. The van der Waals surface area contributed by atoms with Gasteiger partial charge in [0.25, 0.3) is 0 Å². The van der Waals surface area contributed by atoms with Gasteiger partial charge in [-0.2, -0.15) is 0 Å². The number of ether oxygens (including phenoxy) is 2. The van der Waals surface area contributed by atoms with Crippen LogP contribution in [0.5, 0.6) is 0 Å². The molecule has 5 rings (SSSR count). The second kappa shape index (κ2) is 5.45. The first-order valence-electron chi connectivity index (χ1n) is 10.4. The fourth-order valence-electron chi connectivity index (χ4n) is 7.62. The summed E-state index contributed by atoms with van der Waals surface area (Å²) in [6, 6.07) is 0. The Kier molecular flexibility index (Phi) is 3.55. The highest BCUT2D eigenvalue weighted by Crippen LogP contribution is 2.69. The second-order valence-corrected chi connectivity index (χ2v) is 8.98. The Morgan fingerprint density at radius 2 is 2.04 bits per heavy atom. The van der Waals surface area contributed by atoms with Crippen LogP contribution < -0.4 is 0 Å². The standard InChI is InChI=1S/C22H32O2/c1-3-21-14-15(2)20-17-7-5-4-6-16(17)8-9-18(20)19(21)10-11-22(21)23-12-13-24-22/h6,17-20H,2-5,7-14H2,1H3/t17-,18-,19-,20+,21-/m0/s1. The third-order valence-electron chi connectivity index (χ3n) is 8.43. The molecule has 5 atom stereocenters. The molecule has 0 radical (unpaired) electrons. The normalized spacial score (nSPS) is 46.4. The number of rotatable bonds is 1. The van der Waals surface area contributed by atoms with E-state index in [1.807, 2.05) is 0 Å². The minimum absolute atomic E-state index is 0.192. The van der Waals surface area contributed by atoms with Crippen molar-refractivity contribution in [3.63, 3.8) is 0 Å². The predicted molar refractivity (Wildman–Crippen MR) is 95.5 cm³/mol. The van der Waals surface area contributed by atoms with Gasteiger partial charge in [-0.25, -0.2) is 0 Å². The lowest BCUT2D eigenvalue weighted by Crippen LogP contribution is -2.55. The lowest BCUT2D eigenvalue weighted by molar-refractivity contribution is -0.242. The fraction of sp³-hybridized carbons (Fsp3) is 0.818. The van der Waals surface area contributed by atoms with E-state index in [1.165, 1.54) is 50.5 Å². The molecule has 0 bridgehead atoms. The molecule has 5 aliphatic rings. The van der Waals surface area contributed by atoms with Crippen LogP contribution in [0.4, 0.5) is 0 Å². The molecule has 4 fully saturated rings. The Balaban J connectivity index is 1.54. The van der Waals surface area contributed by atoms with Crippen molar-refractivity contribution in [1.82, 2.24) is 0 Å². The van der Waals surface area contributed by atoms with Gasteiger partial charge in [-0.05, 0) is 75.0 Å². The van der Waals surface area contributed by atoms with Crippen LogP contribution in [0.15, 0.2) is 23.8 Å². The largest absolute Gasteiger partial charge is 0.347 e. The molecule has 4 aliphatic carbocycles. The van der Waals surface area contributed by atoms with E-state index in [2.05, 4.69) is 19.6 Å². The molecule has 0 aromatic heterocycles. The first-order valence-corrected chi connectivity index (χ1v) is 10.4. The highest BCUT2D eigenvalue weighted by atomic mass is 16.7. The maximum atomic E-state index is 6.33. The maximum Gasteiger partial charge on any atom is 0.174 e. The highest BCUT2D eigenvalue weighted by molar-refractivity contribution is 5.28. The predicted octanol–water partition coefficient (Wildman–Crippen LogP) is 5.25. The Labute approximate surface area is 146 Å². The molecule has 0 aromatic carbocycles. The zero-order chi connectivity index (χ0) is 16.4. The third-order valence-corrected chi connectivity index (χ3v) is 8.43. The summed E-state index contributed by atoms with van der Waals surface area (Å²) in [5.41, 5.74) is 3.49. The van der Waals surface area contributed by atoms with E-state index in [1.54, 1.807) is 5.57 Å². The van der Waals surface area contributed by atoms with Gasteiger partial charge in [-0.3, -0.25) is 0 Å². The molecular formula is C22H32O2. The van der Waals surface area contributed by atoms with Crippen LogP contribution in [0.2, 0.25) is 0 Å². The van der Waals surface area contributed by atoms with Gasteiger partial charge in [0.2, 0.25) is 0 Å². The quantitative estimate of drug-likeness (QED) is 0.612. The molecule has 0 amide bonds. The fourth-order valence-corrected chi connectivity index (χ4v) is 7.62. The van der Waals surface area contributed by atoms with Crippen LogP contribution in [0.25, 0.3) is 0 Å². The van der Waals surface area contributed by atoms with Crippen molar-refractivity contribution in [2.45, 2.75) is 70.5 Å². The van der Waals surface area contributed by atoms with E-state index in [9.17, 15) is 0 Å². The lowest BCUT2D eigenvalue weighted by Gasteiger charge is -2.57. The maximum absolute atomic E-state index is 6.33. The van der Waals surface area contributed by atoms with E-state index in [-0.39, 0.29) is 11.2 Å². The van der Waals surface area contributed by atoms with Crippen molar-refractivity contribution in [1.29, 1.82) is 0 Å². The summed E-state index contributed by atoms with van der Waals surface area (Å²) in [4.78, 5) is 0. The van der Waals surface area contributed by atoms with Crippen LogP contribution >= 0.6 is 0 Å². The summed E-state index contributed by atoms with van der Waals surface area (Å²) in [5, 5.41) is 0. The summed E-state index contributed by atoms with van der Waals surface area (Å²) in [5.74, 6) is 2.86. The van der Waals surface area contributed by atoms with Crippen LogP contribution in [-0.2, 0) is 9.47 Å². The molecule has 2 heteroatoms. The zero-order valence-electron chi connectivity index (χ0n) is 15.2. The molecule has 1 saturated heterocycles. The third kappa shape index (κ3) is 1.85. The number of hydrogen-bond acceptors (Lipinski definition) is 2. The molecule has 0 aromatic rings. The smallest absolute Gasteiger partial charge is 0.174 e. The Morgan fingerprint density at radius 3 is 2.83 bits per heavy atom. The molecule has 3 saturated carbocycles. The van der Waals surface area contributed by atoms with Crippen LogP contribution in [0, 0.1) is 29.1 Å². The number of allylic oxidation sites excluding steroid dienone is 3. The number of fused-ring (bicyclic) bond motifs is 6. The first-order chi connectivity index (χ1) is 11.7. The minimum atomic E-state index is -0.289. The van der Waals surface area contributed by atoms with E-state index >= 15 is 0 Å². The van der Waals surface area contributed by atoms with Gasteiger partial charge < -0.3 is 9.47 Å². The Bertz CT molecular complexity index is 571. The van der Waals surface area contributed by atoms with Gasteiger partial charge in [-0.15, -0.1) is 0 Å². The second-order valence-electron chi connectivity index (χ2n) is 8.98. The van der Waals surface area contributed by atoms with E-state index in [4.69, 9.17) is 9.47 Å². The van der Waals surface area contributed by atoms with Crippen molar-refractivity contribution >= 4 is 0 Å². The monoisotopic (exact) mass is 328 g/mol. The number of hydrogen-bond donors (Lipinski definition) is 0. The molecule has 24 heavy (non-hydrogen) atoms. The molecule has 1 spiro atoms. The van der Waals surface area contributed by atoms with Gasteiger partial charge in [0.15, 0.2) is 5.79 Å². The average Bonchev–Trinajstić information content (AvgIpc) is 3.22.